The Morgan fingerprint density at radius 1 is 1.22 bits per heavy atom. The number of hydrogen-bond acceptors (Lipinski definition) is 4. The van der Waals surface area contributed by atoms with E-state index in [1.807, 2.05) is 0 Å². The third kappa shape index (κ3) is 2.39. The lowest BCUT2D eigenvalue weighted by Crippen LogP contribution is -2.51. The minimum atomic E-state index is -1.82. The first-order valence-corrected chi connectivity index (χ1v) is 6.93. The largest absolute Gasteiger partial charge is 0.481 e. The molecule has 23 heavy (non-hydrogen) atoms. The third-order valence-electron chi connectivity index (χ3n) is 4.32. The molecule has 8 heteroatoms. The maximum Gasteiger partial charge on any atom is 0.314 e. The lowest BCUT2D eigenvalue weighted by Gasteiger charge is -2.34. The van der Waals surface area contributed by atoms with Crippen molar-refractivity contribution in [3.63, 3.8) is 0 Å². The molecule has 2 atom stereocenters. The van der Waals surface area contributed by atoms with Gasteiger partial charge in [-0.3, -0.25) is 19.3 Å². The van der Waals surface area contributed by atoms with E-state index in [4.69, 9.17) is 0 Å². The topological polar surface area (TPSA) is 94.9 Å². The standard InChI is InChI=1S/C15H15F2NO5/c1-3-15(7(2)19,14(22)23)6-18-12(20)10-8(16)4-5-9(17)11(10)13(18)21/h4-5,7,19H,3,6H2,1-2H3,(H,22,23)/t7-,15-/m1/s1. The summed E-state index contributed by atoms with van der Waals surface area (Å²) >= 11 is 0. The zero-order chi connectivity index (χ0) is 17.5. The van der Waals surface area contributed by atoms with E-state index >= 15 is 0 Å². The molecule has 2 rings (SSSR count). The molecule has 0 fully saturated rings. The summed E-state index contributed by atoms with van der Waals surface area (Å²) in [6.07, 6.45) is -1.47. The average molecular weight is 327 g/mol. The number of aliphatic hydroxyl groups is 1. The number of rotatable bonds is 5. The van der Waals surface area contributed by atoms with Gasteiger partial charge in [-0.25, -0.2) is 8.78 Å². The quantitative estimate of drug-likeness (QED) is 0.798. The highest BCUT2D eigenvalue weighted by Crippen LogP contribution is 2.34. The summed E-state index contributed by atoms with van der Waals surface area (Å²) in [5.74, 6) is -5.75. The summed E-state index contributed by atoms with van der Waals surface area (Å²) < 4.78 is 27.5. The number of carbonyl (C=O) groups excluding carboxylic acids is 2. The number of aliphatic carboxylic acids is 1. The van der Waals surface area contributed by atoms with Crippen LogP contribution in [0.3, 0.4) is 0 Å². The van der Waals surface area contributed by atoms with Crippen molar-refractivity contribution in [1.29, 1.82) is 0 Å². The van der Waals surface area contributed by atoms with Crippen molar-refractivity contribution in [2.75, 3.05) is 6.54 Å². The van der Waals surface area contributed by atoms with Crippen LogP contribution in [0.1, 0.15) is 41.0 Å². The number of hydrogen-bond donors (Lipinski definition) is 2. The molecule has 6 nitrogen and oxygen atoms in total. The lowest BCUT2D eigenvalue weighted by molar-refractivity contribution is -0.156. The predicted octanol–water partition coefficient (Wildman–Crippen LogP) is 1.42. The highest BCUT2D eigenvalue weighted by molar-refractivity contribution is 6.21. The van der Waals surface area contributed by atoms with E-state index in [9.17, 15) is 33.4 Å². The Morgan fingerprint density at radius 2 is 1.65 bits per heavy atom. The van der Waals surface area contributed by atoms with Gasteiger partial charge >= 0.3 is 5.97 Å². The van der Waals surface area contributed by atoms with E-state index in [2.05, 4.69) is 0 Å². The van der Waals surface area contributed by atoms with Gasteiger partial charge in [-0.2, -0.15) is 0 Å². The number of carboxylic acids is 1. The summed E-state index contributed by atoms with van der Waals surface area (Å²) in [6, 6.07) is 1.45. The molecule has 1 aliphatic rings. The van der Waals surface area contributed by atoms with Crippen molar-refractivity contribution in [2.24, 2.45) is 5.41 Å². The van der Waals surface area contributed by atoms with E-state index in [0.29, 0.717) is 4.90 Å². The Bertz CT molecular complexity index is 662. The minimum absolute atomic E-state index is 0.0850. The molecule has 0 radical (unpaired) electrons. The van der Waals surface area contributed by atoms with Gasteiger partial charge in [-0.1, -0.05) is 6.92 Å². The van der Waals surface area contributed by atoms with Crippen LogP contribution in [0.4, 0.5) is 8.78 Å². The van der Waals surface area contributed by atoms with E-state index in [0.717, 1.165) is 12.1 Å². The SMILES string of the molecule is CC[C@](CN1C(=O)c2c(F)ccc(F)c2C1=O)(C(=O)O)[C@@H](C)O. The van der Waals surface area contributed by atoms with E-state index in [1.165, 1.54) is 13.8 Å². The second-order valence-corrected chi connectivity index (χ2v) is 5.47. The predicted molar refractivity (Wildman–Crippen MR) is 73.8 cm³/mol. The molecular formula is C15H15F2NO5. The second-order valence-electron chi connectivity index (χ2n) is 5.47. The number of carbonyl (C=O) groups is 3. The van der Waals surface area contributed by atoms with Gasteiger partial charge in [0.05, 0.1) is 17.2 Å². The molecule has 1 heterocycles. The van der Waals surface area contributed by atoms with Crippen molar-refractivity contribution < 1.29 is 33.4 Å². The molecule has 0 saturated heterocycles. The molecule has 0 aromatic heterocycles. The Morgan fingerprint density at radius 3 is 1.96 bits per heavy atom. The van der Waals surface area contributed by atoms with Gasteiger partial charge in [0.2, 0.25) is 0 Å². The molecule has 0 aliphatic carbocycles. The molecule has 1 aliphatic heterocycles. The van der Waals surface area contributed by atoms with Gasteiger partial charge in [-0.15, -0.1) is 0 Å². The molecule has 2 amide bonds. The monoisotopic (exact) mass is 327 g/mol. The number of imide groups is 1. The van der Waals surface area contributed by atoms with Gasteiger partial charge < -0.3 is 10.2 Å². The minimum Gasteiger partial charge on any atom is -0.481 e. The molecule has 0 unspecified atom stereocenters. The van der Waals surface area contributed by atoms with Crippen molar-refractivity contribution >= 4 is 17.8 Å². The zero-order valence-electron chi connectivity index (χ0n) is 12.5. The van der Waals surface area contributed by atoms with E-state index in [1.54, 1.807) is 0 Å². The molecule has 0 bridgehead atoms. The van der Waals surface area contributed by atoms with Crippen LogP contribution in [-0.4, -0.2) is 45.5 Å². The van der Waals surface area contributed by atoms with Crippen LogP contribution in [0.15, 0.2) is 12.1 Å². The van der Waals surface area contributed by atoms with E-state index < -0.39 is 58.6 Å². The summed E-state index contributed by atoms with van der Waals surface area (Å²) in [5.41, 5.74) is -3.24. The first-order chi connectivity index (χ1) is 10.7. The van der Waals surface area contributed by atoms with Gasteiger partial charge in [-0.05, 0) is 25.5 Å². The molecule has 0 spiro atoms. The van der Waals surface area contributed by atoms with E-state index in [-0.39, 0.29) is 6.42 Å². The number of amides is 2. The molecule has 0 saturated carbocycles. The summed E-state index contributed by atoms with van der Waals surface area (Å²) in [5, 5.41) is 19.2. The Balaban J connectivity index is 2.50. The molecule has 124 valence electrons. The first-order valence-electron chi connectivity index (χ1n) is 6.93. The number of benzene rings is 1. The average Bonchev–Trinajstić information content (AvgIpc) is 2.73. The highest BCUT2D eigenvalue weighted by atomic mass is 19.1. The molecule has 1 aromatic rings. The van der Waals surface area contributed by atoms with Crippen molar-refractivity contribution in [3.8, 4) is 0 Å². The first kappa shape index (κ1) is 17.0. The van der Waals surface area contributed by atoms with Crippen LogP contribution in [0.25, 0.3) is 0 Å². The Labute approximate surface area is 130 Å². The fourth-order valence-electron chi connectivity index (χ4n) is 2.69. The maximum absolute atomic E-state index is 13.8. The van der Waals surface area contributed by atoms with Crippen LogP contribution >= 0.6 is 0 Å². The van der Waals surface area contributed by atoms with Crippen LogP contribution in [-0.2, 0) is 4.79 Å². The third-order valence-corrected chi connectivity index (χ3v) is 4.32. The smallest absolute Gasteiger partial charge is 0.314 e. The maximum atomic E-state index is 13.8. The lowest BCUT2D eigenvalue weighted by atomic mass is 9.79. The van der Waals surface area contributed by atoms with Crippen LogP contribution in [0.5, 0.6) is 0 Å². The van der Waals surface area contributed by atoms with Gasteiger partial charge in [0, 0.05) is 6.54 Å². The number of nitrogens with zero attached hydrogens (tertiary/aromatic N) is 1. The second kappa shape index (κ2) is 5.69. The van der Waals surface area contributed by atoms with Gasteiger partial charge in [0.1, 0.15) is 17.0 Å². The van der Waals surface area contributed by atoms with Crippen molar-refractivity contribution in [1.82, 2.24) is 4.90 Å². The summed E-state index contributed by atoms with van der Waals surface area (Å²) in [4.78, 5) is 36.5. The molecule has 1 aromatic carbocycles. The number of aliphatic hydroxyl groups excluding tert-OH is 1. The summed E-state index contributed by atoms with van der Waals surface area (Å²) in [6.45, 7) is 2.01. The van der Waals surface area contributed by atoms with Gasteiger partial charge in [0.15, 0.2) is 0 Å². The van der Waals surface area contributed by atoms with Gasteiger partial charge in [0.25, 0.3) is 11.8 Å². The number of carboxylic acid groups (broad SMARTS) is 1. The van der Waals surface area contributed by atoms with Crippen molar-refractivity contribution in [3.05, 3.63) is 34.9 Å². The number of halogens is 2. The Hall–Kier alpha value is -2.35. The fourth-order valence-corrected chi connectivity index (χ4v) is 2.69. The zero-order valence-corrected chi connectivity index (χ0v) is 12.5. The van der Waals surface area contributed by atoms with Crippen LogP contribution in [0.2, 0.25) is 0 Å². The Kier molecular flexibility index (Phi) is 4.21. The molecule has 2 N–H and O–H groups in total. The normalized spacial score (nSPS) is 17.9. The number of fused-ring (bicyclic) bond motifs is 1. The summed E-state index contributed by atoms with van der Waals surface area (Å²) in [7, 11) is 0. The molecular weight excluding hydrogens is 312 g/mol. The van der Waals surface area contributed by atoms with Crippen molar-refractivity contribution in [2.45, 2.75) is 26.4 Å². The fraction of sp³-hybridized carbons (Fsp3) is 0.400. The highest BCUT2D eigenvalue weighted by Gasteiger charge is 2.49. The van der Waals surface area contributed by atoms with Crippen LogP contribution in [0, 0.1) is 17.0 Å². The van der Waals surface area contributed by atoms with Crippen LogP contribution < -0.4 is 0 Å².